The minimum absolute atomic E-state index is 0.153. The number of sulfonamides is 1. The molecule has 1 N–H and O–H groups in total. The van der Waals surface area contributed by atoms with Crippen LogP contribution in [-0.4, -0.2) is 57.5 Å². The van der Waals surface area contributed by atoms with Crippen LogP contribution in [0.2, 0.25) is 5.02 Å². The van der Waals surface area contributed by atoms with Gasteiger partial charge in [0.15, 0.2) is 6.61 Å². The van der Waals surface area contributed by atoms with Crippen molar-refractivity contribution in [1.82, 2.24) is 4.31 Å². The Morgan fingerprint density at radius 1 is 1.19 bits per heavy atom. The van der Waals surface area contributed by atoms with Crippen LogP contribution in [0.3, 0.4) is 0 Å². The summed E-state index contributed by atoms with van der Waals surface area (Å²) in [5.74, 6) is -2.80. The van der Waals surface area contributed by atoms with Gasteiger partial charge >= 0.3 is 5.97 Å². The van der Waals surface area contributed by atoms with Crippen molar-refractivity contribution in [1.29, 1.82) is 0 Å². The molecule has 0 radical (unpaired) electrons. The number of benzene rings is 2. The molecule has 1 aliphatic heterocycles. The summed E-state index contributed by atoms with van der Waals surface area (Å²) in [5, 5.41) is 2.88. The van der Waals surface area contributed by atoms with E-state index < -0.39 is 39.9 Å². The number of hydrogen-bond donors (Lipinski definition) is 1. The first-order chi connectivity index (χ1) is 15.1. The molecular weight excluding hydrogens is 463 g/mol. The summed E-state index contributed by atoms with van der Waals surface area (Å²) >= 11 is 6.14. The van der Waals surface area contributed by atoms with Crippen molar-refractivity contribution >= 4 is 39.2 Å². The molecule has 0 spiro atoms. The smallest absolute Gasteiger partial charge is 0.341 e. The lowest BCUT2D eigenvalue weighted by molar-refractivity contribution is -0.119. The van der Waals surface area contributed by atoms with Crippen LogP contribution in [0.4, 0.5) is 10.1 Å². The van der Waals surface area contributed by atoms with Crippen molar-refractivity contribution in [2.24, 2.45) is 0 Å². The number of nitrogens with one attached hydrogen (secondary N) is 1. The van der Waals surface area contributed by atoms with E-state index in [1.807, 2.05) is 13.0 Å². The zero-order valence-corrected chi connectivity index (χ0v) is 19.1. The molecule has 1 saturated heterocycles. The Balaban J connectivity index is 1.70. The highest BCUT2D eigenvalue weighted by Crippen LogP contribution is 2.27. The number of carbonyl (C=O) groups excluding carboxylic acids is 2. The van der Waals surface area contributed by atoms with Crippen LogP contribution in [-0.2, 0) is 24.3 Å². The van der Waals surface area contributed by atoms with Gasteiger partial charge in [0.1, 0.15) is 5.82 Å². The normalized spacial score (nSPS) is 14.8. The standard InChI is InChI=1S/C21H22ClFN2O6S/c1-13-9-14(2)20(17(22)10-13)24-19(26)12-31-21(27)16-11-15(3-4-18(16)23)32(28,29)25-5-7-30-8-6-25/h3-4,9-11H,5-8,12H2,1-2H3,(H,24,26). The number of morpholine rings is 1. The fourth-order valence-corrected chi connectivity index (χ4v) is 5.02. The van der Waals surface area contributed by atoms with E-state index in [0.717, 1.165) is 29.3 Å². The number of rotatable bonds is 6. The molecule has 32 heavy (non-hydrogen) atoms. The van der Waals surface area contributed by atoms with E-state index in [-0.39, 0.29) is 31.2 Å². The number of nitrogens with zero attached hydrogens (tertiary/aromatic N) is 1. The van der Waals surface area contributed by atoms with Gasteiger partial charge in [0.25, 0.3) is 5.91 Å². The molecule has 11 heteroatoms. The van der Waals surface area contributed by atoms with Gasteiger partial charge in [0.05, 0.1) is 34.4 Å². The van der Waals surface area contributed by atoms with Crippen LogP contribution in [0.1, 0.15) is 21.5 Å². The van der Waals surface area contributed by atoms with Gasteiger partial charge in [-0.3, -0.25) is 4.79 Å². The van der Waals surface area contributed by atoms with Gasteiger partial charge in [-0.2, -0.15) is 4.31 Å². The third-order valence-electron chi connectivity index (χ3n) is 4.80. The number of amides is 1. The van der Waals surface area contributed by atoms with Crippen molar-refractivity contribution in [3.8, 4) is 0 Å². The summed E-state index contributed by atoms with van der Waals surface area (Å²) in [7, 11) is -3.93. The van der Waals surface area contributed by atoms with E-state index in [0.29, 0.717) is 10.7 Å². The van der Waals surface area contributed by atoms with Crippen LogP contribution >= 0.6 is 11.6 Å². The Kier molecular flexibility index (Phi) is 7.50. The van der Waals surface area contributed by atoms with Crippen molar-refractivity contribution < 1.29 is 31.9 Å². The highest BCUT2D eigenvalue weighted by molar-refractivity contribution is 7.89. The Hall–Kier alpha value is -2.53. The number of aryl methyl sites for hydroxylation is 2. The second kappa shape index (κ2) is 9.95. The molecule has 172 valence electrons. The molecule has 1 amide bonds. The first-order valence-electron chi connectivity index (χ1n) is 9.71. The number of anilines is 1. The number of hydrogen-bond acceptors (Lipinski definition) is 6. The SMILES string of the molecule is Cc1cc(C)c(NC(=O)COC(=O)c2cc(S(=O)(=O)N3CCOCC3)ccc2F)c(Cl)c1. The Morgan fingerprint density at radius 2 is 1.88 bits per heavy atom. The van der Waals surface area contributed by atoms with Crippen LogP contribution < -0.4 is 5.32 Å². The summed E-state index contributed by atoms with van der Waals surface area (Å²) in [6.45, 7) is 3.71. The molecule has 1 heterocycles. The second-order valence-electron chi connectivity index (χ2n) is 7.22. The zero-order valence-electron chi connectivity index (χ0n) is 17.5. The maximum Gasteiger partial charge on any atom is 0.341 e. The fraction of sp³-hybridized carbons (Fsp3) is 0.333. The molecule has 0 saturated carbocycles. The molecule has 0 atom stereocenters. The van der Waals surface area contributed by atoms with Crippen LogP contribution in [0, 0.1) is 19.7 Å². The lowest BCUT2D eigenvalue weighted by Gasteiger charge is -2.26. The third-order valence-corrected chi connectivity index (χ3v) is 6.99. The lowest BCUT2D eigenvalue weighted by Crippen LogP contribution is -2.40. The van der Waals surface area contributed by atoms with Crippen LogP contribution in [0.25, 0.3) is 0 Å². The average Bonchev–Trinajstić information content (AvgIpc) is 2.75. The maximum atomic E-state index is 14.2. The van der Waals surface area contributed by atoms with Crippen molar-refractivity contribution in [2.45, 2.75) is 18.7 Å². The average molecular weight is 485 g/mol. The highest BCUT2D eigenvalue weighted by Gasteiger charge is 2.28. The van der Waals surface area contributed by atoms with Crippen molar-refractivity contribution in [3.63, 3.8) is 0 Å². The van der Waals surface area contributed by atoms with Crippen LogP contribution in [0.15, 0.2) is 35.2 Å². The summed E-state index contributed by atoms with van der Waals surface area (Å²) in [4.78, 5) is 24.3. The number of halogens is 2. The van der Waals surface area contributed by atoms with Crippen molar-refractivity contribution in [3.05, 3.63) is 57.9 Å². The van der Waals surface area contributed by atoms with Gasteiger partial charge in [-0.1, -0.05) is 17.7 Å². The highest BCUT2D eigenvalue weighted by atomic mass is 35.5. The van der Waals surface area contributed by atoms with Gasteiger partial charge in [0.2, 0.25) is 10.0 Å². The minimum Gasteiger partial charge on any atom is -0.452 e. The second-order valence-corrected chi connectivity index (χ2v) is 9.57. The molecule has 1 aliphatic rings. The fourth-order valence-electron chi connectivity index (χ4n) is 3.22. The van der Waals surface area contributed by atoms with Gasteiger partial charge in [-0.15, -0.1) is 0 Å². The number of esters is 1. The summed E-state index contributed by atoms with van der Waals surface area (Å²) < 4.78 is 51.0. The summed E-state index contributed by atoms with van der Waals surface area (Å²) in [6.07, 6.45) is 0. The topological polar surface area (TPSA) is 102 Å². The van der Waals surface area contributed by atoms with Gasteiger partial charge < -0.3 is 14.8 Å². The first kappa shape index (κ1) is 24.1. The van der Waals surface area contributed by atoms with E-state index in [1.165, 1.54) is 4.31 Å². The summed E-state index contributed by atoms with van der Waals surface area (Å²) in [6, 6.07) is 6.35. The quantitative estimate of drug-likeness (QED) is 0.632. The first-order valence-corrected chi connectivity index (χ1v) is 11.5. The Bertz CT molecular complexity index is 1130. The van der Waals surface area contributed by atoms with E-state index >= 15 is 0 Å². The van der Waals surface area contributed by atoms with E-state index in [2.05, 4.69) is 5.32 Å². The van der Waals surface area contributed by atoms with Crippen LogP contribution in [0.5, 0.6) is 0 Å². The van der Waals surface area contributed by atoms with Crippen molar-refractivity contribution in [2.75, 3.05) is 38.2 Å². The number of carbonyl (C=O) groups is 2. The van der Waals surface area contributed by atoms with Gasteiger partial charge in [-0.25, -0.2) is 17.6 Å². The molecule has 0 bridgehead atoms. The molecular formula is C21H22ClFN2O6S. The lowest BCUT2D eigenvalue weighted by atomic mass is 10.1. The molecule has 0 unspecified atom stereocenters. The van der Waals surface area contributed by atoms with Gasteiger partial charge in [0, 0.05) is 13.1 Å². The number of ether oxygens (including phenoxy) is 2. The molecule has 8 nitrogen and oxygen atoms in total. The van der Waals surface area contributed by atoms with E-state index in [1.54, 1.807) is 13.0 Å². The monoisotopic (exact) mass is 484 g/mol. The maximum absolute atomic E-state index is 14.2. The minimum atomic E-state index is -3.93. The van der Waals surface area contributed by atoms with Gasteiger partial charge in [-0.05, 0) is 49.2 Å². The molecule has 1 fully saturated rings. The molecule has 2 aromatic carbocycles. The largest absolute Gasteiger partial charge is 0.452 e. The third kappa shape index (κ3) is 5.44. The zero-order chi connectivity index (χ0) is 23.5. The Labute approximate surface area is 190 Å². The molecule has 0 aliphatic carbocycles. The molecule has 3 rings (SSSR count). The molecule has 2 aromatic rings. The predicted octanol–water partition coefficient (Wildman–Crippen LogP) is 2.91. The summed E-state index contributed by atoms with van der Waals surface area (Å²) in [5.41, 5.74) is 1.43. The predicted molar refractivity (Wildman–Crippen MR) is 116 cm³/mol. The Morgan fingerprint density at radius 3 is 2.53 bits per heavy atom. The van der Waals surface area contributed by atoms with E-state index in [4.69, 9.17) is 21.1 Å². The molecule has 0 aromatic heterocycles. The van der Waals surface area contributed by atoms with E-state index in [9.17, 15) is 22.4 Å².